The fourth-order valence-corrected chi connectivity index (χ4v) is 2.90. The third-order valence-electron chi connectivity index (χ3n) is 2.86. The highest BCUT2D eigenvalue weighted by Gasteiger charge is 2.13. The molecule has 0 aliphatic rings. The third kappa shape index (κ3) is 4.61. The van der Waals surface area contributed by atoms with Gasteiger partial charge in [0.15, 0.2) is 6.61 Å². The van der Waals surface area contributed by atoms with Gasteiger partial charge in [0.05, 0.1) is 11.0 Å². The van der Waals surface area contributed by atoms with Crippen LogP contribution in [0.3, 0.4) is 0 Å². The zero-order chi connectivity index (χ0) is 15.4. The highest BCUT2D eigenvalue weighted by Crippen LogP contribution is 2.28. The first-order chi connectivity index (χ1) is 9.95. The first kappa shape index (κ1) is 16.1. The van der Waals surface area contributed by atoms with Crippen LogP contribution in [0.2, 0.25) is 0 Å². The Kier molecular flexibility index (Phi) is 5.47. The normalized spacial score (nSPS) is 10.5. The van der Waals surface area contributed by atoms with Gasteiger partial charge in [0.2, 0.25) is 0 Å². The molecule has 0 radical (unpaired) electrons. The van der Waals surface area contributed by atoms with Gasteiger partial charge in [-0.1, -0.05) is 15.9 Å². The molecule has 4 nitrogen and oxygen atoms in total. The Morgan fingerprint density at radius 1 is 1.29 bits per heavy atom. The minimum absolute atomic E-state index is 0.0174. The van der Waals surface area contributed by atoms with E-state index in [0.717, 1.165) is 20.5 Å². The average Bonchev–Trinajstić information content (AvgIpc) is 2.82. The molecule has 2 aromatic rings. The molecule has 0 atom stereocenters. The van der Waals surface area contributed by atoms with Crippen LogP contribution in [0.15, 0.2) is 43.7 Å². The van der Waals surface area contributed by atoms with Crippen molar-refractivity contribution in [2.75, 3.05) is 13.7 Å². The molecule has 0 saturated heterocycles. The molecule has 0 unspecified atom stereocenters. The van der Waals surface area contributed by atoms with Crippen LogP contribution in [0.25, 0.3) is 0 Å². The number of halogens is 2. The lowest BCUT2D eigenvalue weighted by atomic mass is 10.3. The van der Waals surface area contributed by atoms with Crippen molar-refractivity contribution in [3.05, 3.63) is 50.8 Å². The van der Waals surface area contributed by atoms with Gasteiger partial charge in [-0.2, -0.15) is 0 Å². The summed E-state index contributed by atoms with van der Waals surface area (Å²) >= 11 is 6.76. The van der Waals surface area contributed by atoms with E-state index in [1.165, 1.54) is 0 Å². The first-order valence-corrected chi connectivity index (χ1v) is 7.91. The number of carbonyl (C=O) groups is 1. The number of rotatable bonds is 5. The average molecular weight is 417 g/mol. The summed E-state index contributed by atoms with van der Waals surface area (Å²) in [6, 6.07) is 9.28. The van der Waals surface area contributed by atoms with Crippen LogP contribution in [0, 0.1) is 6.92 Å². The van der Waals surface area contributed by atoms with E-state index in [1.54, 1.807) is 18.0 Å². The number of furan rings is 1. The summed E-state index contributed by atoms with van der Waals surface area (Å²) in [5.41, 5.74) is 0. The Bertz CT molecular complexity index is 640. The highest BCUT2D eigenvalue weighted by molar-refractivity contribution is 9.11. The second-order valence-corrected chi connectivity index (χ2v) is 6.40. The minimum Gasteiger partial charge on any atom is -0.483 e. The van der Waals surface area contributed by atoms with Crippen molar-refractivity contribution < 1.29 is 13.9 Å². The molecule has 6 heteroatoms. The SMILES string of the molecule is Cc1ccc(CN(C)C(=O)COc2ccc(Br)cc2Br)o1. The maximum Gasteiger partial charge on any atom is 0.260 e. The van der Waals surface area contributed by atoms with Crippen molar-refractivity contribution in [3.8, 4) is 5.75 Å². The molecule has 0 fully saturated rings. The summed E-state index contributed by atoms with van der Waals surface area (Å²) in [6.07, 6.45) is 0. The van der Waals surface area contributed by atoms with Gasteiger partial charge in [-0.3, -0.25) is 4.79 Å². The predicted octanol–water partition coefficient (Wildman–Crippen LogP) is 4.15. The van der Waals surface area contributed by atoms with Crippen LogP contribution in [-0.2, 0) is 11.3 Å². The topological polar surface area (TPSA) is 42.7 Å². The fourth-order valence-electron chi connectivity index (χ4n) is 1.73. The van der Waals surface area contributed by atoms with Crippen molar-refractivity contribution in [3.63, 3.8) is 0 Å². The Hall–Kier alpha value is -1.27. The number of amides is 1. The van der Waals surface area contributed by atoms with Gasteiger partial charge in [-0.15, -0.1) is 0 Å². The van der Waals surface area contributed by atoms with Crippen LogP contribution in [0.5, 0.6) is 5.75 Å². The molecule has 2 rings (SSSR count). The van der Waals surface area contributed by atoms with Crippen molar-refractivity contribution in [1.29, 1.82) is 0 Å². The van der Waals surface area contributed by atoms with E-state index < -0.39 is 0 Å². The summed E-state index contributed by atoms with van der Waals surface area (Å²) in [5, 5.41) is 0. The molecule has 0 aliphatic heterocycles. The molecule has 0 bridgehead atoms. The Balaban J connectivity index is 1.89. The van der Waals surface area contributed by atoms with Crippen molar-refractivity contribution in [2.45, 2.75) is 13.5 Å². The van der Waals surface area contributed by atoms with Crippen molar-refractivity contribution in [1.82, 2.24) is 4.90 Å². The highest BCUT2D eigenvalue weighted by atomic mass is 79.9. The number of hydrogen-bond acceptors (Lipinski definition) is 3. The second kappa shape index (κ2) is 7.13. The molecule has 1 aromatic heterocycles. The van der Waals surface area contributed by atoms with E-state index in [1.807, 2.05) is 31.2 Å². The molecule has 0 aliphatic carbocycles. The van der Waals surface area contributed by atoms with E-state index in [2.05, 4.69) is 31.9 Å². The lowest BCUT2D eigenvalue weighted by Crippen LogP contribution is -2.30. The number of aryl methyl sites for hydroxylation is 1. The number of benzene rings is 1. The van der Waals surface area contributed by atoms with E-state index in [4.69, 9.17) is 9.15 Å². The smallest absolute Gasteiger partial charge is 0.260 e. The monoisotopic (exact) mass is 415 g/mol. The standard InChI is InChI=1S/C15H15Br2NO3/c1-10-3-5-12(21-10)8-18(2)15(19)9-20-14-6-4-11(16)7-13(14)17/h3-7H,8-9H2,1-2H3. The summed E-state index contributed by atoms with van der Waals surface area (Å²) in [4.78, 5) is 13.6. The van der Waals surface area contributed by atoms with Crippen LogP contribution in [0.4, 0.5) is 0 Å². The van der Waals surface area contributed by atoms with E-state index >= 15 is 0 Å². The molecular formula is C15H15Br2NO3. The third-order valence-corrected chi connectivity index (χ3v) is 3.97. The lowest BCUT2D eigenvalue weighted by molar-refractivity contribution is -0.132. The van der Waals surface area contributed by atoms with Crippen LogP contribution < -0.4 is 4.74 Å². The molecule has 0 saturated carbocycles. The molecule has 112 valence electrons. The summed E-state index contributed by atoms with van der Waals surface area (Å²) in [5.74, 6) is 2.11. The van der Waals surface area contributed by atoms with E-state index in [0.29, 0.717) is 12.3 Å². The molecule has 1 aromatic carbocycles. The Labute approximate surface area is 140 Å². The van der Waals surface area contributed by atoms with E-state index in [9.17, 15) is 4.79 Å². The number of carbonyl (C=O) groups excluding carboxylic acids is 1. The van der Waals surface area contributed by atoms with Gasteiger partial charge in [0.1, 0.15) is 17.3 Å². The number of ether oxygens (including phenoxy) is 1. The molecule has 0 N–H and O–H groups in total. The number of nitrogens with zero attached hydrogens (tertiary/aromatic N) is 1. The lowest BCUT2D eigenvalue weighted by Gasteiger charge is -2.16. The molecule has 1 heterocycles. The molecule has 0 spiro atoms. The van der Waals surface area contributed by atoms with Gasteiger partial charge in [-0.05, 0) is 53.2 Å². The van der Waals surface area contributed by atoms with Gasteiger partial charge >= 0.3 is 0 Å². The minimum atomic E-state index is -0.112. The maximum atomic E-state index is 12.0. The summed E-state index contributed by atoms with van der Waals surface area (Å²) in [6.45, 7) is 2.29. The van der Waals surface area contributed by atoms with Gasteiger partial charge < -0.3 is 14.1 Å². The van der Waals surface area contributed by atoms with Gasteiger partial charge in [0.25, 0.3) is 5.91 Å². The number of hydrogen-bond donors (Lipinski definition) is 0. The molecule has 1 amide bonds. The van der Waals surface area contributed by atoms with Gasteiger partial charge in [-0.25, -0.2) is 0 Å². The Morgan fingerprint density at radius 2 is 2.05 bits per heavy atom. The quantitative estimate of drug-likeness (QED) is 0.735. The fraction of sp³-hybridized carbons (Fsp3) is 0.267. The van der Waals surface area contributed by atoms with Crippen LogP contribution in [-0.4, -0.2) is 24.5 Å². The zero-order valence-electron chi connectivity index (χ0n) is 11.7. The zero-order valence-corrected chi connectivity index (χ0v) is 14.9. The first-order valence-electron chi connectivity index (χ1n) is 6.33. The second-order valence-electron chi connectivity index (χ2n) is 4.63. The van der Waals surface area contributed by atoms with Crippen molar-refractivity contribution in [2.24, 2.45) is 0 Å². The molecular weight excluding hydrogens is 402 g/mol. The summed E-state index contributed by atoms with van der Waals surface area (Å²) in [7, 11) is 1.72. The summed E-state index contributed by atoms with van der Waals surface area (Å²) < 4.78 is 12.7. The Morgan fingerprint density at radius 3 is 2.67 bits per heavy atom. The van der Waals surface area contributed by atoms with Gasteiger partial charge in [0, 0.05) is 11.5 Å². The van der Waals surface area contributed by atoms with Crippen LogP contribution >= 0.6 is 31.9 Å². The number of likely N-dealkylation sites (N-methyl/N-ethyl adjacent to an activating group) is 1. The largest absolute Gasteiger partial charge is 0.483 e. The van der Waals surface area contributed by atoms with Crippen LogP contribution in [0.1, 0.15) is 11.5 Å². The predicted molar refractivity (Wildman–Crippen MR) is 87.3 cm³/mol. The molecule has 21 heavy (non-hydrogen) atoms. The maximum absolute atomic E-state index is 12.0. The van der Waals surface area contributed by atoms with E-state index in [-0.39, 0.29) is 12.5 Å². The van der Waals surface area contributed by atoms with Crippen molar-refractivity contribution >= 4 is 37.8 Å².